The van der Waals surface area contributed by atoms with Gasteiger partial charge in [-0.05, 0) is 25.2 Å². The summed E-state index contributed by atoms with van der Waals surface area (Å²) in [6.45, 7) is 2.12. The summed E-state index contributed by atoms with van der Waals surface area (Å²) in [6, 6.07) is 0. The molecule has 0 aromatic rings. The van der Waals surface area contributed by atoms with Crippen molar-refractivity contribution >= 4 is 0 Å². The zero-order chi connectivity index (χ0) is 8.10. The maximum Gasteiger partial charge on any atom is 0.0754 e. The van der Waals surface area contributed by atoms with Crippen LogP contribution in [0.1, 0.15) is 26.2 Å². The predicted octanol–water partition coefficient (Wildman–Crippen LogP) is 2.28. The molecule has 62 valence electrons. The van der Waals surface area contributed by atoms with E-state index >= 15 is 0 Å². The molecule has 0 saturated heterocycles. The second kappa shape index (κ2) is 4.35. The Morgan fingerprint density at radius 2 is 2.36 bits per heavy atom. The summed E-state index contributed by atoms with van der Waals surface area (Å²) in [6.07, 6.45) is 11.2. The van der Waals surface area contributed by atoms with Gasteiger partial charge in [-0.1, -0.05) is 31.2 Å². The Bertz CT molecular complexity index is 158. The number of aliphatic hydroxyl groups excluding tert-OH is 1. The molecule has 0 bridgehead atoms. The Morgan fingerprint density at radius 3 is 2.91 bits per heavy atom. The third kappa shape index (κ3) is 2.51. The molecule has 0 amide bonds. The van der Waals surface area contributed by atoms with Crippen molar-refractivity contribution in [2.24, 2.45) is 5.92 Å². The highest BCUT2D eigenvalue weighted by atomic mass is 16.3. The van der Waals surface area contributed by atoms with Crippen molar-refractivity contribution in [3.63, 3.8) is 0 Å². The van der Waals surface area contributed by atoms with Crippen LogP contribution in [0.25, 0.3) is 0 Å². The molecule has 1 N–H and O–H groups in total. The minimum Gasteiger partial charge on any atom is -0.389 e. The van der Waals surface area contributed by atoms with Gasteiger partial charge in [-0.3, -0.25) is 0 Å². The first-order valence-electron chi connectivity index (χ1n) is 4.34. The Morgan fingerprint density at radius 1 is 1.55 bits per heavy atom. The van der Waals surface area contributed by atoms with Crippen molar-refractivity contribution in [1.82, 2.24) is 0 Å². The van der Waals surface area contributed by atoms with Gasteiger partial charge in [-0.15, -0.1) is 0 Å². The third-order valence-corrected chi connectivity index (χ3v) is 2.10. The molecule has 2 atom stereocenters. The molecular formula is C10H16O. The molecule has 1 heteroatoms. The molecule has 0 aromatic carbocycles. The van der Waals surface area contributed by atoms with Crippen molar-refractivity contribution in [2.75, 3.05) is 0 Å². The van der Waals surface area contributed by atoms with Crippen LogP contribution in [0.3, 0.4) is 0 Å². The molecule has 0 aliphatic heterocycles. The van der Waals surface area contributed by atoms with E-state index in [1.807, 2.05) is 6.08 Å². The third-order valence-electron chi connectivity index (χ3n) is 2.10. The predicted molar refractivity (Wildman–Crippen MR) is 47.3 cm³/mol. The van der Waals surface area contributed by atoms with E-state index in [0.29, 0.717) is 5.92 Å². The molecule has 0 spiro atoms. The summed E-state index contributed by atoms with van der Waals surface area (Å²) in [4.78, 5) is 0. The van der Waals surface area contributed by atoms with Crippen LogP contribution >= 0.6 is 0 Å². The lowest BCUT2D eigenvalue weighted by molar-refractivity contribution is 0.166. The Labute approximate surface area is 68.4 Å². The molecule has 0 saturated carbocycles. The zero-order valence-electron chi connectivity index (χ0n) is 7.03. The molecule has 1 aliphatic carbocycles. The molecular weight excluding hydrogens is 136 g/mol. The number of hydrogen-bond acceptors (Lipinski definition) is 1. The van der Waals surface area contributed by atoms with E-state index < -0.39 is 0 Å². The number of rotatable bonds is 3. The topological polar surface area (TPSA) is 20.2 Å². The summed E-state index contributed by atoms with van der Waals surface area (Å²) >= 11 is 0. The smallest absolute Gasteiger partial charge is 0.0754 e. The van der Waals surface area contributed by atoms with Crippen molar-refractivity contribution in [2.45, 2.75) is 32.3 Å². The van der Waals surface area contributed by atoms with E-state index in [4.69, 9.17) is 0 Å². The van der Waals surface area contributed by atoms with Crippen LogP contribution < -0.4 is 0 Å². The summed E-state index contributed by atoms with van der Waals surface area (Å²) < 4.78 is 0. The Hall–Kier alpha value is -0.560. The first-order valence-corrected chi connectivity index (χ1v) is 4.34. The lowest BCUT2D eigenvalue weighted by Crippen LogP contribution is -2.11. The normalized spacial score (nSPS) is 30.4. The van der Waals surface area contributed by atoms with Crippen molar-refractivity contribution in [3.8, 4) is 0 Å². The molecule has 1 nitrogen and oxygen atoms in total. The van der Waals surface area contributed by atoms with Crippen LogP contribution in [0.2, 0.25) is 0 Å². The molecule has 1 rings (SSSR count). The minimum absolute atomic E-state index is 0.198. The SMILES string of the molecule is CCC=CC[C@H]1CC=C[C@H]1O. The van der Waals surface area contributed by atoms with Gasteiger partial charge in [0.25, 0.3) is 0 Å². The molecule has 0 heterocycles. The largest absolute Gasteiger partial charge is 0.389 e. The van der Waals surface area contributed by atoms with E-state index in [0.717, 1.165) is 19.3 Å². The van der Waals surface area contributed by atoms with Gasteiger partial charge in [0.2, 0.25) is 0 Å². The van der Waals surface area contributed by atoms with Gasteiger partial charge >= 0.3 is 0 Å². The Balaban J connectivity index is 2.22. The summed E-state index contributed by atoms with van der Waals surface area (Å²) in [5.74, 6) is 0.442. The fraction of sp³-hybridized carbons (Fsp3) is 0.600. The van der Waals surface area contributed by atoms with E-state index in [1.165, 1.54) is 0 Å². The highest BCUT2D eigenvalue weighted by Gasteiger charge is 2.18. The lowest BCUT2D eigenvalue weighted by atomic mass is 10.0. The van der Waals surface area contributed by atoms with Gasteiger partial charge in [-0.25, -0.2) is 0 Å². The van der Waals surface area contributed by atoms with Crippen molar-refractivity contribution in [1.29, 1.82) is 0 Å². The van der Waals surface area contributed by atoms with Gasteiger partial charge in [0, 0.05) is 0 Å². The van der Waals surface area contributed by atoms with E-state index in [1.54, 1.807) is 0 Å². The molecule has 0 radical (unpaired) electrons. The van der Waals surface area contributed by atoms with Crippen molar-refractivity contribution in [3.05, 3.63) is 24.3 Å². The van der Waals surface area contributed by atoms with Crippen LogP contribution in [0.5, 0.6) is 0 Å². The number of hydrogen-bond donors (Lipinski definition) is 1. The van der Waals surface area contributed by atoms with E-state index in [9.17, 15) is 5.11 Å². The summed E-state index contributed by atoms with van der Waals surface area (Å²) in [5.41, 5.74) is 0. The molecule has 0 fully saturated rings. The second-order valence-corrected chi connectivity index (χ2v) is 3.03. The average Bonchev–Trinajstić information content (AvgIpc) is 2.37. The van der Waals surface area contributed by atoms with Gasteiger partial charge in [0.15, 0.2) is 0 Å². The van der Waals surface area contributed by atoms with Crippen LogP contribution in [0.15, 0.2) is 24.3 Å². The maximum atomic E-state index is 9.37. The molecule has 0 aromatic heterocycles. The highest BCUT2D eigenvalue weighted by Crippen LogP contribution is 2.22. The fourth-order valence-corrected chi connectivity index (χ4v) is 1.36. The quantitative estimate of drug-likeness (QED) is 0.615. The van der Waals surface area contributed by atoms with Gasteiger partial charge in [0.05, 0.1) is 6.10 Å². The molecule has 0 unspecified atom stereocenters. The second-order valence-electron chi connectivity index (χ2n) is 3.03. The van der Waals surface area contributed by atoms with Crippen LogP contribution in [0.4, 0.5) is 0 Å². The first-order chi connectivity index (χ1) is 5.34. The number of aliphatic hydroxyl groups is 1. The van der Waals surface area contributed by atoms with Crippen LogP contribution in [-0.4, -0.2) is 11.2 Å². The van der Waals surface area contributed by atoms with Crippen LogP contribution in [0, 0.1) is 5.92 Å². The van der Waals surface area contributed by atoms with E-state index in [2.05, 4.69) is 25.2 Å². The zero-order valence-corrected chi connectivity index (χ0v) is 7.03. The average molecular weight is 152 g/mol. The monoisotopic (exact) mass is 152 g/mol. The molecule has 11 heavy (non-hydrogen) atoms. The first kappa shape index (κ1) is 8.54. The fourth-order valence-electron chi connectivity index (χ4n) is 1.36. The molecule has 1 aliphatic rings. The Kier molecular flexibility index (Phi) is 3.37. The number of allylic oxidation sites excluding steroid dienone is 3. The van der Waals surface area contributed by atoms with Crippen molar-refractivity contribution < 1.29 is 5.11 Å². The lowest BCUT2D eigenvalue weighted by Gasteiger charge is -2.10. The summed E-state index contributed by atoms with van der Waals surface area (Å²) in [5, 5.41) is 9.37. The van der Waals surface area contributed by atoms with E-state index in [-0.39, 0.29) is 6.10 Å². The van der Waals surface area contributed by atoms with Crippen LogP contribution in [-0.2, 0) is 0 Å². The van der Waals surface area contributed by atoms with Gasteiger partial charge < -0.3 is 5.11 Å². The maximum absolute atomic E-state index is 9.37. The van der Waals surface area contributed by atoms with Gasteiger partial charge in [-0.2, -0.15) is 0 Å². The minimum atomic E-state index is -0.198. The summed E-state index contributed by atoms with van der Waals surface area (Å²) in [7, 11) is 0. The highest BCUT2D eigenvalue weighted by molar-refractivity contribution is 5.03. The van der Waals surface area contributed by atoms with Gasteiger partial charge in [0.1, 0.15) is 0 Å². The standard InChI is InChI=1S/C10H16O/c1-2-3-4-6-9-7-5-8-10(9)11/h3-5,8-11H,2,6-7H2,1H3/t9-,10+/m0/s1.